The summed E-state index contributed by atoms with van der Waals surface area (Å²) in [6.45, 7) is 3.98. The molecule has 1 heterocycles. The van der Waals surface area contributed by atoms with Gasteiger partial charge in [-0.25, -0.2) is 9.37 Å². The van der Waals surface area contributed by atoms with Crippen LogP contribution in [0.4, 0.5) is 4.39 Å². The zero-order valence-electron chi connectivity index (χ0n) is 10.7. The van der Waals surface area contributed by atoms with Crippen molar-refractivity contribution in [2.75, 3.05) is 0 Å². The summed E-state index contributed by atoms with van der Waals surface area (Å²) in [7, 11) is 0. The summed E-state index contributed by atoms with van der Waals surface area (Å²) in [5.41, 5.74) is 0.183. The third kappa shape index (κ3) is 3.01. The van der Waals surface area contributed by atoms with Crippen LogP contribution in [-0.4, -0.2) is 9.55 Å². The molecule has 0 aliphatic heterocycles. The molecule has 0 radical (unpaired) electrons. The van der Waals surface area contributed by atoms with E-state index >= 15 is 0 Å². The zero-order chi connectivity index (χ0) is 14.0. The Labute approximate surface area is 115 Å². The van der Waals surface area contributed by atoms with Crippen molar-refractivity contribution in [1.82, 2.24) is 9.55 Å². The third-order valence-corrected chi connectivity index (χ3v) is 3.00. The average Bonchev–Trinajstić information content (AvgIpc) is 2.34. The number of hydrogen-bond acceptors (Lipinski definition) is 2. The summed E-state index contributed by atoms with van der Waals surface area (Å²) in [4.78, 5) is 16.2. The molecule has 0 saturated carbocycles. The van der Waals surface area contributed by atoms with Crippen LogP contribution in [0.25, 0.3) is 0 Å². The SMILES string of the molecule is CC(C)c1nc(Cl)cc(=O)n1Cc1ccccc1F. The summed E-state index contributed by atoms with van der Waals surface area (Å²) in [6.07, 6.45) is 0. The molecule has 1 aromatic heterocycles. The molecule has 0 atom stereocenters. The molecule has 0 fully saturated rings. The molecule has 0 bridgehead atoms. The Hall–Kier alpha value is -1.68. The van der Waals surface area contributed by atoms with Crippen LogP contribution in [0.5, 0.6) is 0 Å². The van der Waals surface area contributed by atoms with Gasteiger partial charge in [0.2, 0.25) is 0 Å². The van der Waals surface area contributed by atoms with Crippen LogP contribution in [0.3, 0.4) is 0 Å². The van der Waals surface area contributed by atoms with Crippen molar-refractivity contribution in [3.05, 3.63) is 63.0 Å². The minimum atomic E-state index is -0.334. The van der Waals surface area contributed by atoms with Crippen LogP contribution in [0.1, 0.15) is 31.2 Å². The zero-order valence-corrected chi connectivity index (χ0v) is 11.5. The van der Waals surface area contributed by atoms with E-state index in [4.69, 9.17) is 11.6 Å². The molecular weight excluding hydrogens is 267 g/mol. The predicted molar refractivity (Wildman–Crippen MR) is 73.1 cm³/mol. The highest BCUT2D eigenvalue weighted by molar-refractivity contribution is 6.29. The fourth-order valence-corrected chi connectivity index (χ4v) is 2.07. The molecule has 0 saturated heterocycles. The molecule has 1 aromatic carbocycles. The molecular formula is C14H14ClFN2O. The van der Waals surface area contributed by atoms with Gasteiger partial charge in [-0.3, -0.25) is 9.36 Å². The second kappa shape index (κ2) is 5.53. The maximum atomic E-state index is 13.7. The average molecular weight is 281 g/mol. The summed E-state index contributed by atoms with van der Waals surface area (Å²) in [5.74, 6) is 0.248. The van der Waals surface area contributed by atoms with Gasteiger partial charge in [0.15, 0.2) is 0 Å². The highest BCUT2D eigenvalue weighted by Gasteiger charge is 2.13. The fraction of sp³-hybridized carbons (Fsp3) is 0.286. The molecule has 0 spiro atoms. The molecule has 0 aliphatic rings. The van der Waals surface area contributed by atoms with Crippen molar-refractivity contribution >= 4 is 11.6 Å². The van der Waals surface area contributed by atoms with Crippen LogP contribution in [0, 0.1) is 5.82 Å². The number of hydrogen-bond donors (Lipinski definition) is 0. The van der Waals surface area contributed by atoms with Crippen molar-refractivity contribution in [3.63, 3.8) is 0 Å². The Morgan fingerprint density at radius 2 is 2.05 bits per heavy atom. The molecule has 0 N–H and O–H groups in total. The first-order valence-corrected chi connectivity index (χ1v) is 6.37. The van der Waals surface area contributed by atoms with Gasteiger partial charge in [0.05, 0.1) is 6.54 Å². The molecule has 3 nitrogen and oxygen atoms in total. The number of rotatable bonds is 3. The highest BCUT2D eigenvalue weighted by Crippen LogP contribution is 2.15. The van der Waals surface area contributed by atoms with Gasteiger partial charge in [-0.15, -0.1) is 0 Å². The third-order valence-electron chi connectivity index (χ3n) is 2.81. The van der Waals surface area contributed by atoms with Crippen molar-refractivity contribution in [2.24, 2.45) is 0 Å². The van der Waals surface area contributed by atoms with E-state index in [2.05, 4.69) is 4.98 Å². The number of aromatic nitrogens is 2. The van der Waals surface area contributed by atoms with E-state index in [1.807, 2.05) is 13.8 Å². The topological polar surface area (TPSA) is 34.9 Å². The lowest BCUT2D eigenvalue weighted by Crippen LogP contribution is -2.26. The van der Waals surface area contributed by atoms with Gasteiger partial charge in [0.1, 0.15) is 16.8 Å². The van der Waals surface area contributed by atoms with Crippen molar-refractivity contribution in [2.45, 2.75) is 26.3 Å². The predicted octanol–water partition coefficient (Wildman–Crippen LogP) is 3.21. The van der Waals surface area contributed by atoms with E-state index in [1.54, 1.807) is 18.2 Å². The Balaban J connectivity index is 2.51. The minimum absolute atomic E-state index is 0.0261. The first-order valence-electron chi connectivity index (χ1n) is 5.99. The fourth-order valence-electron chi connectivity index (χ4n) is 1.89. The molecule has 5 heteroatoms. The molecule has 0 amide bonds. The molecule has 100 valence electrons. The smallest absolute Gasteiger partial charge is 0.255 e. The lowest BCUT2D eigenvalue weighted by Gasteiger charge is -2.15. The largest absolute Gasteiger partial charge is 0.292 e. The number of halogens is 2. The van der Waals surface area contributed by atoms with Crippen molar-refractivity contribution in [3.8, 4) is 0 Å². The Bertz CT molecular complexity index is 652. The maximum Gasteiger partial charge on any atom is 0.255 e. The van der Waals surface area contributed by atoms with Crippen LogP contribution < -0.4 is 5.56 Å². The van der Waals surface area contributed by atoms with E-state index in [9.17, 15) is 9.18 Å². The number of benzene rings is 1. The second-order valence-electron chi connectivity index (χ2n) is 4.61. The summed E-state index contributed by atoms with van der Waals surface area (Å²) >= 11 is 5.80. The Morgan fingerprint density at radius 1 is 1.37 bits per heavy atom. The van der Waals surface area contributed by atoms with Crippen LogP contribution >= 0.6 is 11.6 Å². The van der Waals surface area contributed by atoms with E-state index < -0.39 is 0 Å². The van der Waals surface area contributed by atoms with Crippen LogP contribution in [-0.2, 0) is 6.54 Å². The lowest BCUT2D eigenvalue weighted by molar-refractivity contribution is 0.574. The molecule has 19 heavy (non-hydrogen) atoms. The summed E-state index contributed by atoms with van der Waals surface area (Å²) < 4.78 is 15.1. The standard InChI is InChI=1S/C14H14ClFN2O/c1-9(2)14-17-12(15)7-13(19)18(14)8-10-5-3-4-6-11(10)16/h3-7,9H,8H2,1-2H3. The minimum Gasteiger partial charge on any atom is -0.292 e. The van der Waals surface area contributed by atoms with Gasteiger partial charge in [-0.1, -0.05) is 43.6 Å². The normalized spacial score (nSPS) is 11.0. The summed E-state index contributed by atoms with van der Waals surface area (Å²) in [6, 6.07) is 7.63. The van der Waals surface area contributed by atoms with Gasteiger partial charge in [-0.2, -0.15) is 0 Å². The highest BCUT2D eigenvalue weighted by atomic mass is 35.5. The maximum absolute atomic E-state index is 13.7. The first kappa shape index (κ1) is 13.7. The Morgan fingerprint density at radius 3 is 2.68 bits per heavy atom. The number of nitrogens with zero attached hydrogens (tertiary/aromatic N) is 2. The van der Waals surface area contributed by atoms with Crippen LogP contribution in [0.2, 0.25) is 5.15 Å². The van der Waals surface area contributed by atoms with E-state index in [1.165, 1.54) is 16.7 Å². The monoisotopic (exact) mass is 280 g/mol. The molecule has 2 rings (SSSR count). The lowest BCUT2D eigenvalue weighted by atomic mass is 10.1. The van der Waals surface area contributed by atoms with E-state index in [0.717, 1.165) is 0 Å². The van der Waals surface area contributed by atoms with Gasteiger partial charge in [-0.05, 0) is 6.07 Å². The van der Waals surface area contributed by atoms with Gasteiger partial charge < -0.3 is 0 Å². The van der Waals surface area contributed by atoms with Gasteiger partial charge in [0, 0.05) is 17.5 Å². The Kier molecular flexibility index (Phi) is 4.00. The molecule has 0 aliphatic carbocycles. The second-order valence-corrected chi connectivity index (χ2v) is 4.99. The quantitative estimate of drug-likeness (QED) is 0.809. The van der Waals surface area contributed by atoms with Gasteiger partial charge >= 0.3 is 0 Å². The molecule has 0 unspecified atom stereocenters. The summed E-state index contributed by atoms with van der Waals surface area (Å²) in [5, 5.41) is 0.165. The van der Waals surface area contributed by atoms with Crippen molar-refractivity contribution < 1.29 is 4.39 Å². The van der Waals surface area contributed by atoms with Crippen molar-refractivity contribution in [1.29, 1.82) is 0 Å². The van der Waals surface area contributed by atoms with Gasteiger partial charge in [0.25, 0.3) is 5.56 Å². The van der Waals surface area contributed by atoms with E-state index in [0.29, 0.717) is 11.4 Å². The molecule has 2 aromatic rings. The van der Waals surface area contributed by atoms with E-state index in [-0.39, 0.29) is 29.0 Å². The van der Waals surface area contributed by atoms with Crippen LogP contribution in [0.15, 0.2) is 35.1 Å². The first-order chi connectivity index (χ1) is 8.99.